The molecule has 7 heteroatoms. The normalized spacial score (nSPS) is 10.9. The third-order valence-electron chi connectivity index (χ3n) is 3.20. The van der Waals surface area contributed by atoms with E-state index in [1.165, 1.54) is 24.3 Å². The van der Waals surface area contributed by atoms with Gasteiger partial charge < -0.3 is 29.9 Å². The molecule has 0 atom stereocenters. The minimum Gasteiger partial charge on any atom is -0.508 e. The monoisotopic (exact) mass is 302 g/mol. The molecule has 2 aromatic carbocycles. The Morgan fingerprint density at radius 3 is 2.09 bits per heavy atom. The highest BCUT2D eigenvalue weighted by molar-refractivity contribution is 5.93. The molecule has 3 aromatic rings. The molecule has 0 unspecified atom stereocenters. The average molecular weight is 302 g/mol. The highest BCUT2D eigenvalue weighted by Crippen LogP contribution is 2.41. The van der Waals surface area contributed by atoms with Crippen molar-refractivity contribution in [1.29, 1.82) is 0 Å². The molecule has 0 saturated carbocycles. The average Bonchev–Trinajstić information content (AvgIpc) is 2.48. The van der Waals surface area contributed by atoms with Crippen LogP contribution < -0.4 is 5.43 Å². The molecule has 112 valence electrons. The van der Waals surface area contributed by atoms with Crippen LogP contribution in [0.1, 0.15) is 0 Å². The second-order valence-electron chi connectivity index (χ2n) is 4.62. The van der Waals surface area contributed by atoms with Gasteiger partial charge in [0.05, 0.1) is 0 Å². The molecule has 1 heterocycles. The zero-order valence-corrected chi connectivity index (χ0v) is 10.9. The molecular formula is C15H10O7. The Kier molecular flexibility index (Phi) is 2.84. The summed E-state index contributed by atoms with van der Waals surface area (Å²) in [5, 5.41) is 47.6. The van der Waals surface area contributed by atoms with Gasteiger partial charge in [-0.25, -0.2) is 0 Å². The molecule has 0 spiro atoms. The van der Waals surface area contributed by atoms with Crippen LogP contribution in [0.3, 0.4) is 0 Å². The summed E-state index contributed by atoms with van der Waals surface area (Å²) in [5.41, 5.74) is -1.10. The maximum Gasteiger partial charge on any atom is 0.239 e. The molecule has 7 nitrogen and oxygen atoms in total. The van der Waals surface area contributed by atoms with Crippen LogP contribution in [0.4, 0.5) is 0 Å². The van der Waals surface area contributed by atoms with E-state index in [-0.39, 0.29) is 22.7 Å². The molecule has 1 aromatic heterocycles. The molecule has 0 aliphatic rings. The van der Waals surface area contributed by atoms with Crippen molar-refractivity contribution in [3.05, 3.63) is 40.6 Å². The summed E-state index contributed by atoms with van der Waals surface area (Å²) in [6.45, 7) is 0. The molecule has 0 aliphatic carbocycles. The molecule has 22 heavy (non-hydrogen) atoms. The van der Waals surface area contributed by atoms with Crippen molar-refractivity contribution in [2.24, 2.45) is 0 Å². The van der Waals surface area contributed by atoms with Gasteiger partial charge >= 0.3 is 0 Å². The number of aromatic hydroxyl groups is 5. The number of hydrogen-bond acceptors (Lipinski definition) is 7. The summed E-state index contributed by atoms with van der Waals surface area (Å²) in [5.74, 6) is -3.13. The van der Waals surface area contributed by atoms with Gasteiger partial charge in [-0.3, -0.25) is 4.79 Å². The summed E-state index contributed by atoms with van der Waals surface area (Å²) in [7, 11) is 0. The number of fused-ring (bicyclic) bond motifs is 1. The Morgan fingerprint density at radius 1 is 0.818 bits per heavy atom. The van der Waals surface area contributed by atoms with Crippen LogP contribution in [0.15, 0.2) is 39.5 Å². The van der Waals surface area contributed by atoms with Gasteiger partial charge in [0.1, 0.15) is 11.1 Å². The van der Waals surface area contributed by atoms with Gasteiger partial charge in [-0.15, -0.1) is 0 Å². The molecule has 0 amide bonds. The second kappa shape index (κ2) is 4.59. The van der Waals surface area contributed by atoms with Gasteiger partial charge in [0.25, 0.3) is 0 Å². The van der Waals surface area contributed by atoms with Crippen LogP contribution >= 0.6 is 0 Å². The van der Waals surface area contributed by atoms with Gasteiger partial charge in [-0.05, 0) is 24.3 Å². The third-order valence-corrected chi connectivity index (χ3v) is 3.20. The Hall–Kier alpha value is -3.35. The fourth-order valence-corrected chi connectivity index (χ4v) is 2.12. The lowest BCUT2D eigenvalue weighted by atomic mass is 10.1. The van der Waals surface area contributed by atoms with E-state index in [0.29, 0.717) is 0 Å². The third kappa shape index (κ3) is 1.87. The first kappa shape index (κ1) is 13.6. The van der Waals surface area contributed by atoms with E-state index in [4.69, 9.17) is 4.42 Å². The van der Waals surface area contributed by atoms with Crippen LogP contribution in [-0.2, 0) is 0 Å². The van der Waals surface area contributed by atoms with E-state index in [1.54, 1.807) is 0 Å². The van der Waals surface area contributed by atoms with Gasteiger partial charge in [0.2, 0.25) is 11.2 Å². The zero-order chi connectivity index (χ0) is 16.0. The highest BCUT2D eigenvalue weighted by atomic mass is 16.4. The Bertz CT molecular complexity index is 939. The minimum absolute atomic E-state index is 0.0169. The van der Waals surface area contributed by atoms with Crippen LogP contribution in [0, 0.1) is 0 Å². The maximum absolute atomic E-state index is 12.2. The van der Waals surface area contributed by atoms with Crippen molar-refractivity contribution in [3.63, 3.8) is 0 Å². The summed E-state index contributed by atoms with van der Waals surface area (Å²) < 4.78 is 5.31. The first-order valence-electron chi connectivity index (χ1n) is 6.13. The van der Waals surface area contributed by atoms with Crippen molar-refractivity contribution < 1.29 is 29.9 Å². The summed E-state index contributed by atoms with van der Waals surface area (Å²) >= 11 is 0. The van der Waals surface area contributed by atoms with Crippen LogP contribution in [0.25, 0.3) is 22.3 Å². The summed E-state index contributed by atoms with van der Waals surface area (Å²) in [4.78, 5) is 12.2. The van der Waals surface area contributed by atoms with Gasteiger partial charge in [-0.2, -0.15) is 0 Å². The smallest absolute Gasteiger partial charge is 0.239 e. The first-order valence-corrected chi connectivity index (χ1v) is 6.13. The van der Waals surface area contributed by atoms with E-state index in [0.717, 1.165) is 6.07 Å². The van der Waals surface area contributed by atoms with Crippen LogP contribution in [0.5, 0.6) is 28.7 Å². The first-order chi connectivity index (χ1) is 10.4. The molecule has 5 N–H and O–H groups in total. The Morgan fingerprint density at radius 2 is 1.45 bits per heavy atom. The van der Waals surface area contributed by atoms with E-state index in [9.17, 15) is 30.3 Å². The standard InChI is InChI=1S/C15H10O7/c16-7-3-1-6(2-4-7)14-13(21)12(20)10-11(19)8(17)5-9(18)15(10)22-14/h1-5,16-19,21H. The lowest BCUT2D eigenvalue weighted by molar-refractivity contribution is 0.396. The van der Waals surface area contributed by atoms with E-state index in [2.05, 4.69) is 0 Å². The zero-order valence-electron chi connectivity index (χ0n) is 10.9. The molecule has 3 rings (SSSR count). The maximum atomic E-state index is 12.2. The topological polar surface area (TPSA) is 131 Å². The largest absolute Gasteiger partial charge is 0.508 e. The summed E-state index contributed by atoms with van der Waals surface area (Å²) in [6.07, 6.45) is 0. The van der Waals surface area contributed by atoms with Crippen molar-refractivity contribution in [2.75, 3.05) is 0 Å². The van der Waals surface area contributed by atoms with Gasteiger partial charge in [0.15, 0.2) is 28.6 Å². The molecule has 0 fully saturated rings. The predicted octanol–water partition coefficient (Wildman–Crippen LogP) is 1.99. The quantitative estimate of drug-likeness (QED) is 0.343. The second-order valence-corrected chi connectivity index (χ2v) is 4.62. The van der Waals surface area contributed by atoms with Gasteiger partial charge in [0, 0.05) is 11.6 Å². The van der Waals surface area contributed by atoms with E-state index >= 15 is 0 Å². The molecule has 0 aliphatic heterocycles. The fraction of sp³-hybridized carbons (Fsp3) is 0. The van der Waals surface area contributed by atoms with Crippen molar-refractivity contribution in [2.45, 2.75) is 0 Å². The van der Waals surface area contributed by atoms with Crippen molar-refractivity contribution >= 4 is 11.0 Å². The SMILES string of the molecule is O=c1c(O)c(-c2ccc(O)cc2)oc2c(O)cc(O)c(O)c12. The lowest BCUT2D eigenvalue weighted by Gasteiger charge is -2.09. The number of phenolic OH excluding ortho intramolecular Hbond substituents is 4. The molecular weight excluding hydrogens is 292 g/mol. The lowest BCUT2D eigenvalue weighted by Crippen LogP contribution is -2.03. The van der Waals surface area contributed by atoms with Crippen LogP contribution in [-0.4, -0.2) is 25.5 Å². The number of benzene rings is 2. The van der Waals surface area contributed by atoms with E-state index in [1.807, 2.05) is 0 Å². The van der Waals surface area contributed by atoms with E-state index < -0.39 is 33.8 Å². The molecule has 0 radical (unpaired) electrons. The molecule has 0 bridgehead atoms. The number of phenols is 4. The molecule has 0 saturated heterocycles. The predicted molar refractivity (Wildman–Crippen MR) is 76.2 cm³/mol. The number of hydrogen-bond donors (Lipinski definition) is 5. The minimum atomic E-state index is -1.01. The Balaban J connectivity index is 2.42. The van der Waals surface area contributed by atoms with Crippen molar-refractivity contribution in [3.8, 4) is 40.1 Å². The van der Waals surface area contributed by atoms with Gasteiger partial charge in [-0.1, -0.05) is 0 Å². The van der Waals surface area contributed by atoms with Crippen molar-refractivity contribution in [1.82, 2.24) is 0 Å². The van der Waals surface area contributed by atoms with Crippen LogP contribution in [0.2, 0.25) is 0 Å². The fourth-order valence-electron chi connectivity index (χ4n) is 2.12. The highest BCUT2D eigenvalue weighted by Gasteiger charge is 2.22. The Labute approximate surface area is 122 Å². The summed E-state index contributed by atoms with van der Waals surface area (Å²) in [6, 6.07) is 6.27. The number of rotatable bonds is 1.